The van der Waals surface area contributed by atoms with Crippen molar-refractivity contribution in [2.75, 3.05) is 22.1 Å². The molecule has 0 aromatic heterocycles. The third-order valence-electron chi connectivity index (χ3n) is 4.20. The number of amides is 1. The first-order chi connectivity index (χ1) is 11.8. The number of benzene rings is 2. The van der Waals surface area contributed by atoms with E-state index in [2.05, 4.69) is 5.32 Å². The number of carbonyl (C=O) groups is 1. The number of carbonyl (C=O) groups excluding carboxylic acids is 1. The van der Waals surface area contributed by atoms with E-state index in [0.717, 1.165) is 16.1 Å². The van der Waals surface area contributed by atoms with Gasteiger partial charge >= 0.3 is 0 Å². The molecule has 0 saturated carbocycles. The second-order valence-corrected chi connectivity index (χ2v) is 8.88. The minimum Gasteiger partial charge on any atom is -0.322 e. The van der Waals surface area contributed by atoms with Crippen molar-refractivity contribution >= 4 is 39.1 Å². The molecule has 0 spiro atoms. The molecule has 5 nitrogen and oxygen atoms in total. The minimum atomic E-state index is -3.32. The summed E-state index contributed by atoms with van der Waals surface area (Å²) in [6.45, 7) is 1.87. The van der Waals surface area contributed by atoms with E-state index in [0.29, 0.717) is 17.7 Å². The Morgan fingerprint density at radius 1 is 1.20 bits per heavy atom. The summed E-state index contributed by atoms with van der Waals surface area (Å²) in [5.74, 6) is -0.204. The molecule has 1 aliphatic rings. The fourth-order valence-corrected chi connectivity index (χ4v) is 4.80. The number of nitrogens with one attached hydrogen (secondary N) is 1. The van der Waals surface area contributed by atoms with E-state index in [9.17, 15) is 13.2 Å². The maximum atomic E-state index is 12.5. The van der Waals surface area contributed by atoms with Crippen molar-refractivity contribution in [1.29, 1.82) is 0 Å². The Hall–Kier alpha value is -1.99. The second-order valence-electron chi connectivity index (χ2n) is 6.14. The van der Waals surface area contributed by atoms with Gasteiger partial charge in [-0.1, -0.05) is 0 Å². The number of nitrogens with zero attached hydrogens (tertiary/aromatic N) is 1. The summed E-state index contributed by atoms with van der Waals surface area (Å²) in [6, 6.07) is 12.7. The van der Waals surface area contributed by atoms with Crippen LogP contribution in [0.2, 0.25) is 0 Å². The number of hydrogen-bond acceptors (Lipinski definition) is 4. The maximum Gasteiger partial charge on any atom is 0.255 e. The van der Waals surface area contributed by atoms with Crippen LogP contribution in [0.3, 0.4) is 0 Å². The summed E-state index contributed by atoms with van der Waals surface area (Å²) in [7, 11) is -3.32. The molecule has 1 N–H and O–H groups in total. The van der Waals surface area contributed by atoms with Crippen molar-refractivity contribution < 1.29 is 13.2 Å². The Morgan fingerprint density at radius 3 is 2.48 bits per heavy atom. The molecule has 0 saturated heterocycles. The van der Waals surface area contributed by atoms with E-state index >= 15 is 0 Å². The van der Waals surface area contributed by atoms with Crippen molar-refractivity contribution in [2.24, 2.45) is 0 Å². The minimum absolute atomic E-state index is 0.137. The summed E-state index contributed by atoms with van der Waals surface area (Å²) in [4.78, 5) is 13.6. The Morgan fingerprint density at radius 2 is 1.88 bits per heavy atom. The number of fused-ring (bicyclic) bond motifs is 1. The Bertz CT molecular complexity index is 908. The molecule has 2 aromatic rings. The van der Waals surface area contributed by atoms with Crippen LogP contribution in [-0.2, 0) is 16.4 Å². The number of hydrogen-bond donors (Lipinski definition) is 1. The largest absolute Gasteiger partial charge is 0.322 e. The lowest BCUT2D eigenvalue weighted by molar-refractivity contribution is 0.102. The van der Waals surface area contributed by atoms with Crippen LogP contribution in [0.1, 0.15) is 22.8 Å². The molecule has 2 aromatic carbocycles. The van der Waals surface area contributed by atoms with Gasteiger partial charge in [0.15, 0.2) is 0 Å². The van der Waals surface area contributed by atoms with E-state index in [4.69, 9.17) is 0 Å². The topological polar surface area (TPSA) is 66.5 Å². The van der Waals surface area contributed by atoms with E-state index in [1.165, 1.54) is 10.6 Å². The lowest BCUT2D eigenvalue weighted by Crippen LogP contribution is -2.34. The first kappa shape index (κ1) is 17.8. The van der Waals surface area contributed by atoms with Gasteiger partial charge in [0.2, 0.25) is 10.0 Å². The fraction of sp³-hybridized carbons (Fsp3) is 0.278. The predicted molar refractivity (Wildman–Crippen MR) is 103 cm³/mol. The Balaban J connectivity index is 1.82. The zero-order chi connectivity index (χ0) is 18.2. The third kappa shape index (κ3) is 3.67. The summed E-state index contributed by atoms with van der Waals surface area (Å²) in [5, 5.41) is 2.87. The van der Waals surface area contributed by atoms with Crippen molar-refractivity contribution in [3.8, 4) is 0 Å². The summed E-state index contributed by atoms with van der Waals surface area (Å²) in [6.07, 6.45) is 3.81. The lowest BCUT2D eigenvalue weighted by atomic mass is 10.1. The number of anilines is 2. The average Bonchev–Trinajstić information content (AvgIpc) is 2.90. The van der Waals surface area contributed by atoms with Crippen LogP contribution in [0.4, 0.5) is 11.4 Å². The van der Waals surface area contributed by atoms with Gasteiger partial charge < -0.3 is 5.32 Å². The molecule has 132 valence electrons. The lowest BCUT2D eigenvalue weighted by Gasteiger charge is -2.21. The van der Waals surface area contributed by atoms with Crippen LogP contribution >= 0.6 is 11.8 Å². The maximum absolute atomic E-state index is 12.5. The highest BCUT2D eigenvalue weighted by molar-refractivity contribution is 7.98. The molecule has 1 amide bonds. The zero-order valence-corrected chi connectivity index (χ0v) is 15.9. The third-order valence-corrected chi connectivity index (χ3v) is 6.21. The molecule has 0 aliphatic carbocycles. The van der Waals surface area contributed by atoms with Gasteiger partial charge in [0.05, 0.1) is 11.9 Å². The van der Waals surface area contributed by atoms with Crippen molar-refractivity contribution in [2.45, 2.75) is 24.3 Å². The highest BCUT2D eigenvalue weighted by Crippen LogP contribution is 2.34. The van der Waals surface area contributed by atoms with Gasteiger partial charge in [-0.05, 0) is 67.6 Å². The molecule has 1 aliphatic heterocycles. The molecule has 1 atom stereocenters. The van der Waals surface area contributed by atoms with E-state index in [1.54, 1.807) is 30.0 Å². The molecular weight excluding hydrogens is 356 g/mol. The van der Waals surface area contributed by atoms with Crippen LogP contribution in [0, 0.1) is 0 Å². The van der Waals surface area contributed by atoms with Gasteiger partial charge in [0, 0.05) is 22.2 Å². The molecule has 1 heterocycles. The van der Waals surface area contributed by atoms with Crippen LogP contribution in [-0.4, -0.2) is 32.9 Å². The van der Waals surface area contributed by atoms with E-state index in [-0.39, 0.29) is 11.9 Å². The summed E-state index contributed by atoms with van der Waals surface area (Å²) < 4.78 is 25.3. The fourth-order valence-electron chi connectivity index (χ4n) is 3.13. The van der Waals surface area contributed by atoms with E-state index < -0.39 is 10.0 Å². The molecule has 0 fully saturated rings. The van der Waals surface area contributed by atoms with Crippen LogP contribution in [0.5, 0.6) is 0 Å². The highest BCUT2D eigenvalue weighted by atomic mass is 32.2. The molecule has 3 rings (SSSR count). The number of rotatable bonds is 4. The predicted octanol–water partition coefficient (Wildman–Crippen LogP) is 3.37. The SMILES string of the molecule is CSc1ccc(NC(=O)c2ccc3c(c2)CC(C)N3S(C)(=O)=O)cc1. The quantitative estimate of drug-likeness (QED) is 0.831. The standard InChI is InChI=1S/C18H20N2O3S2/c1-12-10-14-11-13(4-9-17(14)20(12)25(3,22)23)18(21)19-15-5-7-16(24-2)8-6-15/h4-9,11-12H,10H2,1-3H3,(H,19,21). The van der Waals surface area contributed by atoms with Crippen molar-refractivity contribution in [1.82, 2.24) is 0 Å². The van der Waals surface area contributed by atoms with E-state index in [1.807, 2.05) is 37.4 Å². The first-order valence-corrected chi connectivity index (χ1v) is 10.9. The number of sulfonamides is 1. The number of thioether (sulfide) groups is 1. The second kappa shape index (κ2) is 6.72. The molecule has 0 radical (unpaired) electrons. The van der Waals surface area contributed by atoms with Gasteiger partial charge in [0.1, 0.15) is 0 Å². The Kier molecular flexibility index (Phi) is 4.79. The Labute approximate surface area is 152 Å². The normalized spacial score (nSPS) is 16.6. The molecular formula is C18H20N2O3S2. The molecule has 1 unspecified atom stereocenters. The first-order valence-electron chi connectivity index (χ1n) is 7.87. The van der Waals surface area contributed by atoms with Crippen LogP contribution in [0.25, 0.3) is 0 Å². The van der Waals surface area contributed by atoms with Crippen LogP contribution in [0.15, 0.2) is 47.4 Å². The molecule has 0 bridgehead atoms. The zero-order valence-electron chi connectivity index (χ0n) is 14.3. The monoisotopic (exact) mass is 376 g/mol. The van der Waals surface area contributed by atoms with Gasteiger partial charge in [-0.15, -0.1) is 11.8 Å². The van der Waals surface area contributed by atoms with Gasteiger partial charge in [-0.3, -0.25) is 9.10 Å². The summed E-state index contributed by atoms with van der Waals surface area (Å²) >= 11 is 1.64. The molecule has 25 heavy (non-hydrogen) atoms. The smallest absolute Gasteiger partial charge is 0.255 e. The van der Waals surface area contributed by atoms with Gasteiger partial charge in [-0.25, -0.2) is 8.42 Å². The van der Waals surface area contributed by atoms with Crippen LogP contribution < -0.4 is 9.62 Å². The molecule has 7 heteroatoms. The van der Waals surface area contributed by atoms with Gasteiger partial charge in [-0.2, -0.15) is 0 Å². The van der Waals surface area contributed by atoms with Crippen molar-refractivity contribution in [3.63, 3.8) is 0 Å². The highest BCUT2D eigenvalue weighted by Gasteiger charge is 2.32. The average molecular weight is 377 g/mol. The van der Waals surface area contributed by atoms with Crippen molar-refractivity contribution in [3.05, 3.63) is 53.6 Å². The summed E-state index contributed by atoms with van der Waals surface area (Å²) in [5.41, 5.74) is 2.80. The van der Waals surface area contributed by atoms with Gasteiger partial charge in [0.25, 0.3) is 5.91 Å².